The molecule has 14 heteroatoms. The van der Waals surface area contributed by atoms with E-state index >= 15 is 0 Å². The number of ether oxygens (including phenoxy) is 2. The van der Waals surface area contributed by atoms with Crippen LogP contribution in [0.2, 0.25) is 0 Å². The van der Waals surface area contributed by atoms with Gasteiger partial charge in [-0.3, -0.25) is 9.59 Å². The molecule has 0 bridgehead atoms. The van der Waals surface area contributed by atoms with E-state index in [9.17, 15) is 50.4 Å². The Morgan fingerprint density at radius 3 is 1.24 bits per heavy atom. The van der Waals surface area contributed by atoms with E-state index in [4.69, 9.17) is 19.7 Å². The van der Waals surface area contributed by atoms with Crippen LogP contribution < -0.4 is 0 Å². The molecule has 0 spiro atoms. The van der Waals surface area contributed by atoms with Crippen molar-refractivity contribution < 1.29 is 70.1 Å². The molecule has 2 aliphatic rings. The Morgan fingerprint density at radius 2 is 0.966 bits per heavy atom. The second kappa shape index (κ2) is 8.54. The monoisotopic (exact) mass is 428 g/mol. The largest absolute Gasteiger partial charge is 0.394 e. The van der Waals surface area contributed by atoms with Gasteiger partial charge in [-0.1, -0.05) is 0 Å². The zero-order chi connectivity index (χ0) is 22.3. The van der Waals surface area contributed by atoms with Crippen LogP contribution in [0.25, 0.3) is 0 Å². The topological polar surface area (TPSA) is 255 Å². The minimum atomic E-state index is -3.29. The Balaban J connectivity index is 2.23. The first-order valence-electron chi connectivity index (χ1n) is 8.52. The number of aliphatic hydroxyl groups excluding tert-OH is 8. The molecule has 10 atom stereocenters. The van der Waals surface area contributed by atoms with E-state index in [-0.39, 0.29) is 0 Å². The third-order valence-electron chi connectivity index (χ3n) is 5.05. The predicted octanol–water partition coefficient (Wildman–Crippen LogP) is -7.16. The Kier molecular flexibility index (Phi) is 7.11. The first kappa shape index (κ1) is 24.1. The zero-order valence-corrected chi connectivity index (χ0v) is 14.8. The normalized spacial score (nSPS) is 48.3. The molecule has 0 saturated carbocycles. The van der Waals surface area contributed by atoms with Crippen LogP contribution in [-0.2, 0) is 19.1 Å². The summed E-state index contributed by atoms with van der Waals surface area (Å²) in [5, 5.41) is 97.4. The van der Waals surface area contributed by atoms with Crippen molar-refractivity contribution in [1.82, 2.24) is 0 Å². The van der Waals surface area contributed by atoms with Crippen LogP contribution in [0.1, 0.15) is 6.42 Å². The van der Waals surface area contributed by atoms with E-state index < -0.39 is 91.6 Å². The molecule has 2 rings (SSSR count). The van der Waals surface area contributed by atoms with Gasteiger partial charge >= 0.3 is 0 Å². The molecule has 0 aromatic rings. The highest BCUT2D eigenvalue weighted by Crippen LogP contribution is 2.33. The molecule has 10 N–H and O–H groups in total. The van der Waals surface area contributed by atoms with Crippen molar-refractivity contribution in [2.45, 2.75) is 66.8 Å². The first-order valence-corrected chi connectivity index (χ1v) is 8.52. The summed E-state index contributed by atoms with van der Waals surface area (Å²) in [6, 6.07) is 0. The van der Waals surface area contributed by atoms with Crippen LogP contribution >= 0.6 is 0 Å². The van der Waals surface area contributed by atoms with E-state index in [1.165, 1.54) is 0 Å². The molecule has 0 aliphatic carbocycles. The molecular formula is C15H24O14. The summed E-state index contributed by atoms with van der Waals surface area (Å²) in [6.07, 6.45) is -17.9. The van der Waals surface area contributed by atoms with Crippen molar-refractivity contribution >= 4 is 11.6 Å². The lowest BCUT2D eigenvalue weighted by atomic mass is 9.85. The molecule has 168 valence electrons. The van der Waals surface area contributed by atoms with Crippen molar-refractivity contribution in [2.75, 3.05) is 13.2 Å². The molecule has 2 aliphatic heterocycles. The van der Waals surface area contributed by atoms with Gasteiger partial charge in [0.15, 0.2) is 0 Å². The maximum absolute atomic E-state index is 12.4. The molecule has 14 nitrogen and oxygen atoms in total. The van der Waals surface area contributed by atoms with Crippen LogP contribution in [-0.4, -0.2) is 136 Å². The summed E-state index contributed by atoms with van der Waals surface area (Å²) in [4.78, 5) is 24.8. The van der Waals surface area contributed by atoms with Gasteiger partial charge in [0, 0.05) is 0 Å². The third kappa shape index (κ3) is 3.95. The second-order valence-electron chi connectivity index (χ2n) is 6.95. The molecule has 2 fully saturated rings. The minimum absolute atomic E-state index is 0.984. The number of carbonyl (C=O) groups excluding carboxylic acids is 2. The van der Waals surface area contributed by atoms with Gasteiger partial charge in [-0.05, 0) is 0 Å². The standard InChI is InChI=1S/C15H24O14/c16-2-4-8(20)10(22)12(24)14(26,28-4)6(18)1-7(19)15(27)13(25)11(23)9(21)5(3-17)29-15/h4-5,8-13,16-17,20-27H,1-3H2. The molecule has 0 aromatic carbocycles. The highest BCUT2D eigenvalue weighted by molar-refractivity contribution is 6.05. The number of carbonyl (C=O) groups is 2. The van der Waals surface area contributed by atoms with Crippen LogP contribution in [0.15, 0.2) is 0 Å². The Bertz CT molecular complexity index is 572. The van der Waals surface area contributed by atoms with E-state index in [2.05, 4.69) is 0 Å². The Hall–Kier alpha value is -1.14. The molecule has 2 saturated heterocycles. The summed E-state index contributed by atoms with van der Waals surface area (Å²) in [7, 11) is 0. The minimum Gasteiger partial charge on any atom is -0.394 e. The highest BCUT2D eigenvalue weighted by atomic mass is 16.7. The lowest BCUT2D eigenvalue weighted by molar-refractivity contribution is -0.335. The average molecular weight is 428 g/mol. The average Bonchev–Trinajstić information content (AvgIpc) is 2.70. The summed E-state index contributed by atoms with van der Waals surface area (Å²) in [6.45, 7) is -1.97. The van der Waals surface area contributed by atoms with E-state index in [0.29, 0.717) is 0 Å². The molecule has 2 heterocycles. The van der Waals surface area contributed by atoms with Crippen molar-refractivity contribution in [3.63, 3.8) is 0 Å². The van der Waals surface area contributed by atoms with Gasteiger partial charge in [0.2, 0.25) is 11.6 Å². The summed E-state index contributed by atoms with van der Waals surface area (Å²) >= 11 is 0. The fourth-order valence-electron chi connectivity index (χ4n) is 3.17. The van der Waals surface area contributed by atoms with Gasteiger partial charge in [-0.2, -0.15) is 0 Å². The van der Waals surface area contributed by atoms with Crippen LogP contribution in [0.3, 0.4) is 0 Å². The van der Waals surface area contributed by atoms with E-state index in [1.807, 2.05) is 0 Å². The maximum Gasteiger partial charge on any atom is 0.257 e. The molecule has 10 unspecified atom stereocenters. The van der Waals surface area contributed by atoms with Gasteiger partial charge in [0.1, 0.15) is 48.8 Å². The summed E-state index contributed by atoms with van der Waals surface area (Å²) in [5.41, 5.74) is 0. The van der Waals surface area contributed by atoms with Gasteiger partial charge in [-0.15, -0.1) is 0 Å². The summed E-state index contributed by atoms with van der Waals surface area (Å²) < 4.78 is 9.48. The fourth-order valence-corrected chi connectivity index (χ4v) is 3.17. The third-order valence-corrected chi connectivity index (χ3v) is 5.05. The lowest BCUT2D eigenvalue weighted by Gasteiger charge is -2.45. The number of ketones is 2. The Labute approximate surface area is 162 Å². The zero-order valence-electron chi connectivity index (χ0n) is 14.8. The number of aliphatic hydroxyl groups is 10. The van der Waals surface area contributed by atoms with Gasteiger partial charge < -0.3 is 60.5 Å². The molecule has 0 aromatic heterocycles. The molecular weight excluding hydrogens is 404 g/mol. The highest BCUT2D eigenvalue weighted by Gasteiger charge is 2.60. The van der Waals surface area contributed by atoms with Crippen LogP contribution in [0.4, 0.5) is 0 Å². The quantitative estimate of drug-likeness (QED) is 0.176. The van der Waals surface area contributed by atoms with Crippen molar-refractivity contribution in [1.29, 1.82) is 0 Å². The van der Waals surface area contributed by atoms with Crippen LogP contribution in [0, 0.1) is 0 Å². The number of hydrogen-bond donors (Lipinski definition) is 10. The van der Waals surface area contributed by atoms with E-state index in [1.54, 1.807) is 0 Å². The molecule has 29 heavy (non-hydrogen) atoms. The Morgan fingerprint density at radius 1 is 0.655 bits per heavy atom. The number of rotatable bonds is 6. The van der Waals surface area contributed by atoms with Crippen molar-refractivity contribution in [2.24, 2.45) is 0 Å². The van der Waals surface area contributed by atoms with Crippen molar-refractivity contribution in [3.05, 3.63) is 0 Å². The van der Waals surface area contributed by atoms with Crippen LogP contribution in [0.5, 0.6) is 0 Å². The van der Waals surface area contributed by atoms with E-state index in [0.717, 1.165) is 0 Å². The number of hydrogen-bond acceptors (Lipinski definition) is 14. The fraction of sp³-hybridized carbons (Fsp3) is 0.867. The lowest BCUT2D eigenvalue weighted by Crippen LogP contribution is -2.70. The van der Waals surface area contributed by atoms with Crippen molar-refractivity contribution in [3.8, 4) is 0 Å². The van der Waals surface area contributed by atoms with Gasteiger partial charge in [-0.25, -0.2) is 0 Å². The van der Waals surface area contributed by atoms with Gasteiger partial charge in [0.25, 0.3) is 11.6 Å². The maximum atomic E-state index is 12.4. The predicted molar refractivity (Wildman–Crippen MR) is 84.5 cm³/mol. The second-order valence-corrected chi connectivity index (χ2v) is 6.95. The number of Topliss-reactive ketones (excluding diaryl/α,β-unsaturated/α-hetero) is 2. The molecule has 0 radical (unpaired) electrons. The smallest absolute Gasteiger partial charge is 0.257 e. The SMILES string of the molecule is O=C(CC(=O)C1(O)OC(CO)C(O)C(O)C1O)C1(O)OC(CO)C(O)C(O)C1O. The summed E-state index contributed by atoms with van der Waals surface area (Å²) in [5.74, 6) is -9.87. The van der Waals surface area contributed by atoms with Gasteiger partial charge in [0.05, 0.1) is 19.6 Å². The first-order chi connectivity index (χ1) is 13.3. The molecule has 0 amide bonds.